The van der Waals surface area contributed by atoms with Crippen molar-refractivity contribution in [1.82, 2.24) is 10.2 Å². The molecule has 2 unspecified atom stereocenters. The van der Waals surface area contributed by atoms with Gasteiger partial charge in [-0.2, -0.15) is 0 Å². The zero-order valence-corrected chi connectivity index (χ0v) is 12.8. The van der Waals surface area contributed by atoms with Crippen molar-refractivity contribution in [2.45, 2.75) is 32.0 Å². The molecule has 1 aromatic carbocycles. The van der Waals surface area contributed by atoms with E-state index in [9.17, 15) is 9.59 Å². The fourth-order valence-electron chi connectivity index (χ4n) is 2.60. The lowest BCUT2D eigenvalue weighted by Gasteiger charge is -2.23. The van der Waals surface area contributed by atoms with E-state index in [2.05, 4.69) is 5.32 Å². The highest BCUT2D eigenvalue weighted by Crippen LogP contribution is 2.17. The molecule has 2 rings (SSSR count). The van der Waals surface area contributed by atoms with E-state index < -0.39 is 6.04 Å². The van der Waals surface area contributed by atoms with E-state index in [4.69, 9.17) is 10.5 Å². The summed E-state index contributed by atoms with van der Waals surface area (Å²) in [6.45, 7) is 3.12. The fourth-order valence-corrected chi connectivity index (χ4v) is 2.60. The molecule has 1 aliphatic heterocycles. The van der Waals surface area contributed by atoms with E-state index in [-0.39, 0.29) is 24.5 Å². The van der Waals surface area contributed by atoms with E-state index in [1.165, 1.54) is 4.90 Å². The van der Waals surface area contributed by atoms with Crippen LogP contribution in [0.1, 0.15) is 18.9 Å². The third-order valence-electron chi connectivity index (χ3n) is 3.64. The Balaban J connectivity index is 1.86. The summed E-state index contributed by atoms with van der Waals surface area (Å²) in [4.78, 5) is 25.8. The van der Waals surface area contributed by atoms with Gasteiger partial charge in [0.25, 0.3) is 0 Å². The molecule has 2 atom stereocenters. The summed E-state index contributed by atoms with van der Waals surface area (Å²) in [5.74, 6) is -0.341. The van der Waals surface area contributed by atoms with Crippen LogP contribution in [0.4, 0.5) is 0 Å². The minimum absolute atomic E-state index is 0.0441. The highest BCUT2D eigenvalue weighted by atomic mass is 16.5. The second-order valence-corrected chi connectivity index (χ2v) is 5.43. The summed E-state index contributed by atoms with van der Waals surface area (Å²) in [6, 6.07) is 9.00. The smallest absolute Gasteiger partial charge is 0.249 e. The van der Waals surface area contributed by atoms with Crippen LogP contribution < -0.4 is 11.1 Å². The van der Waals surface area contributed by atoms with E-state index in [1.807, 2.05) is 37.3 Å². The maximum atomic E-state index is 12.3. The molecule has 1 aliphatic rings. The van der Waals surface area contributed by atoms with Gasteiger partial charge >= 0.3 is 0 Å². The van der Waals surface area contributed by atoms with E-state index >= 15 is 0 Å². The second kappa shape index (κ2) is 7.91. The normalized spacial score (nSPS) is 20.9. The molecule has 1 fully saturated rings. The minimum atomic E-state index is -0.484. The Morgan fingerprint density at radius 2 is 2.09 bits per heavy atom. The average Bonchev–Trinajstić information content (AvgIpc) is 2.91. The summed E-state index contributed by atoms with van der Waals surface area (Å²) >= 11 is 0. The van der Waals surface area contributed by atoms with Crippen LogP contribution in [0.3, 0.4) is 0 Å². The minimum Gasteiger partial charge on any atom is -0.367 e. The molecule has 0 aliphatic carbocycles. The van der Waals surface area contributed by atoms with E-state index in [0.717, 1.165) is 5.56 Å². The monoisotopic (exact) mass is 305 g/mol. The molecule has 120 valence electrons. The molecule has 1 aromatic rings. The number of nitrogens with zero attached hydrogens (tertiary/aromatic N) is 1. The van der Waals surface area contributed by atoms with Gasteiger partial charge in [-0.3, -0.25) is 9.59 Å². The van der Waals surface area contributed by atoms with Crippen LogP contribution in [0.25, 0.3) is 0 Å². The van der Waals surface area contributed by atoms with Crippen molar-refractivity contribution >= 4 is 11.8 Å². The lowest BCUT2D eigenvalue weighted by Crippen LogP contribution is -2.47. The predicted octanol–water partition coefficient (Wildman–Crippen LogP) is 0.268. The Morgan fingerprint density at radius 1 is 1.36 bits per heavy atom. The van der Waals surface area contributed by atoms with Crippen molar-refractivity contribution in [3.63, 3.8) is 0 Å². The molecule has 1 heterocycles. The number of ether oxygens (including phenoxy) is 1. The maximum Gasteiger partial charge on any atom is 0.249 e. The number of nitrogens with two attached hydrogens (primary N) is 1. The number of carbonyl (C=O) groups excluding carboxylic acids is 2. The molecule has 0 radical (unpaired) electrons. The average molecular weight is 305 g/mol. The van der Waals surface area contributed by atoms with Gasteiger partial charge in [0.15, 0.2) is 0 Å². The molecule has 0 aromatic heterocycles. The lowest BCUT2D eigenvalue weighted by molar-refractivity contribution is -0.142. The van der Waals surface area contributed by atoms with Gasteiger partial charge in [0.05, 0.1) is 6.61 Å². The molecular formula is C16H23N3O3. The van der Waals surface area contributed by atoms with Crippen molar-refractivity contribution in [2.24, 2.45) is 5.73 Å². The molecule has 6 nitrogen and oxygen atoms in total. The van der Waals surface area contributed by atoms with Crippen LogP contribution >= 0.6 is 0 Å². The molecule has 0 bridgehead atoms. The van der Waals surface area contributed by atoms with E-state index in [0.29, 0.717) is 26.1 Å². The zero-order chi connectivity index (χ0) is 15.9. The molecule has 22 heavy (non-hydrogen) atoms. The van der Waals surface area contributed by atoms with Gasteiger partial charge in [0, 0.05) is 19.1 Å². The number of likely N-dealkylation sites (tertiary alicyclic amines) is 1. The van der Waals surface area contributed by atoms with Gasteiger partial charge in [0.2, 0.25) is 11.8 Å². The number of rotatable bonds is 6. The summed E-state index contributed by atoms with van der Waals surface area (Å²) in [5.41, 5.74) is 6.90. The topological polar surface area (TPSA) is 84.7 Å². The first kappa shape index (κ1) is 16.5. The highest BCUT2D eigenvalue weighted by Gasteiger charge is 2.37. The summed E-state index contributed by atoms with van der Waals surface area (Å²) in [6.07, 6.45) is 0.496. The Morgan fingerprint density at radius 3 is 2.77 bits per heavy atom. The molecule has 1 saturated heterocycles. The molecule has 2 amide bonds. The van der Waals surface area contributed by atoms with Crippen LogP contribution in [0.5, 0.6) is 0 Å². The number of carbonyl (C=O) groups is 2. The first-order valence-electron chi connectivity index (χ1n) is 7.56. The standard InChI is InChI=1S/C16H23N3O3/c1-2-18-16(21)14-8-13(17)9-19(14)15(20)11-22-10-12-6-4-3-5-7-12/h3-7,13-14H,2,8-11,17H2,1H3,(H,18,21). The van der Waals surface area contributed by atoms with Crippen LogP contribution in [-0.4, -0.2) is 48.5 Å². The van der Waals surface area contributed by atoms with Gasteiger partial charge in [-0.05, 0) is 18.9 Å². The van der Waals surface area contributed by atoms with Gasteiger partial charge in [-0.1, -0.05) is 30.3 Å². The van der Waals surface area contributed by atoms with E-state index in [1.54, 1.807) is 0 Å². The fraction of sp³-hybridized carbons (Fsp3) is 0.500. The largest absolute Gasteiger partial charge is 0.367 e. The Kier molecular flexibility index (Phi) is 5.91. The van der Waals surface area contributed by atoms with Crippen LogP contribution in [0, 0.1) is 0 Å². The summed E-state index contributed by atoms with van der Waals surface area (Å²) in [5, 5.41) is 2.75. The first-order chi connectivity index (χ1) is 10.6. The van der Waals surface area contributed by atoms with Crippen LogP contribution in [-0.2, 0) is 20.9 Å². The Labute approximate surface area is 130 Å². The predicted molar refractivity (Wildman–Crippen MR) is 82.9 cm³/mol. The SMILES string of the molecule is CCNC(=O)C1CC(N)CN1C(=O)COCc1ccccc1. The van der Waals surface area contributed by atoms with Crippen molar-refractivity contribution in [3.8, 4) is 0 Å². The molecule has 0 spiro atoms. The number of benzene rings is 1. The molecule has 6 heteroatoms. The molecule has 0 saturated carbocycles. The van der Waals surface area contributed by atoms with Crippen molar-refractivity contribution in [3.05, 3.63) is 35.9 Å². The number of nitrogens with one attached hydrogen (secondary N) is 1. The quantitative estimate of drug-likeness (QED) is 0.790. The third kappa shape index (κ3) is 4.29. The first-order valence-corrected chi connectivity index (χ1v) is 7.56. The summed E-state index contributed by atoms with van der Waals surface area (Å²) < 4.78 is 5.45. The number of hydrogen-bond acceptors (Lipinski definition) is 4. The van der Waals surface area contributed by atoms with Gasteiger partial charge in [-0.25, -0.2) is 0 Å². The van der Waals surface area contributed by atoms with Crippen LogP contribution in [0.2, 0.25) is 0 Å². The van der Waals surface area contributed by atoms with Gasteiger partial charge < -0.3 is 20.7 Å². The third-order valence-corrected chi connectivity index (χ3v) is 3.64. The van der Waals surface area contributed by atoms with Crippen molar-refractivity contribution in [2.75, 3.05) is 19.7 Å². The zero-order valence-electron chi connectivity index (χ0n) is 12.8. The van der Waals surface area contributed by atoms with Gasteiger partial charge in [0.1, 0.15) is 12.6 Å². The van der Waals surface area contributed by atoms with Gasteiger partial charge in [-0.15, -0.1) is 0 Å². The Bertz CT molecular complexity index is 507. The lowest BCUT2D eigenvalue weighted by atomic mass is 10.1. The summed E-state index contributed by atoms with van der Waals surface area (Å²) in [7, 11) is 0. The maximum absolute atomic E-state index is 12.3. The highest BCUT2D eigenvalue weighted by molar-refractivity contribution is 5.88. The number of amides is 2. The van der Waals surface area contributed by atoms with Crippen molar-refractivity contribution < 1.29 is 14.3 Å². The number of hydrogen-bond donors (Lipinski definition) is 2. The number of likely N-dealkylation sites (N-methyl/N-ethyl adjacent to an activating group) is 1. The molecular weight excluding hydrogens is 282 g/mol. The Hall–Kier alpha value is -1.92. The molecule has 3 N–H and O–H groups in total. The van der Waals surface area contributed by atoms with Crippen molar-refractivity contribution in [1.29, 1.82) is 0 Å². The second-order valence-electron chi connectivity index (χ2n) is 5.43. The van der Waals surface area contributed by atoms with Crippen LogP contribution in [0.15, 0.2) is 30.3 Å².